The van der Waals surface area contributed by atoms with Gasteiger partial charge in [-0.1, -0.05) is 0 Å². The number of rotatable bonds is 4. The van der Waals surface area contributed by atoms with Gasteiger partial charge >= 0.3 is 0 Å². The number of hydrogen-bond donors (Lipinski definition) is 1. The van der Waals surface area contributed by atoms with E-state index < -0.39 is 0 Å². The molecular weight excluding hydrogens is 222 g/mol. The fourth-order valence-corrected chi connectivity index (χ4v) is 1.72. The molecule has 94 valence electrons. The van der Waals surface area contributed by atoms with E-state index in [1.807, 2.05) is 0 Å². The molecule has 0 radical (unpaired) electrons. The van der Waals surface area contributed by atoms with Crippen molar-refractivity contribution < 1.29 is 14.2 Å². The quantitative estimate of drug-likeness (QED) is 0.844. The van der Waals surface area contributed by atoms with Crippen molar-refractivity contribution in [2.75, 3.05) is 26.1 Å². The van der Waals surface area contributed by atoms with Crippen LogP contribution in [0.15, 0.2) is 6.07 Å². The Morgan fingerprint density at radius 2 is 2.24 bits per heavy atom. The Morgan fingerprint density at radius 1 is 1.41 bits per heavy atom. The molecule has 1 fully saturated rings. The van der Waals surface area contributed by atoms with Crippen LogP contribution in [-0.2, 0) is 4.74 Å². The van der Waals surface area contributed by atoms with Crippen LogP contribution < -0.4 is 15.2 Å². The van der Waals surface area contributed by atoms with E-state index in [-0.39, 0.29) is 12.1 Å². The van der Waals surface area contributed by atoms with Gasteiger partial charge in [0.1, 0.15) is 6.61 Å². The van der Waals surface area contributed by atoms with Crippen LogP contribution >= 0.6 is 0 Å². The second-order valence-electron chi connectivity index (χ2n) is 3.91. The van der Waals surface area contributed by atoms with Crippen LogP contribution in [0.25, 0.3) is 0 Å². The van der Waals surface area contributed by atoms with Crippen LogP contribution in [0.2, 0.25) is 0 Å². The Balaban J connectivity index is 1.91. The summed E-state index contributed by atoms with van der Waals surface area (Å²) >= 11 is 0. The molecule has 2 heterocycles. The topological polar surface area (TPSA) is 79.5 Å². The maximum atomic E-state index is 5.56. The number of anilines is 1. The molecule has 1 saturated heterocycles. The number of aromatic nitrogens is 2. The van der Waals surface area contributed by atoms with Gasteiger partial charge in [0, 0.05) is 6.61 Å². The predicted octanol–water partition coefficient (Wildman–Crippen LogP) is 1.02. The molecule has 0 amide bonds. The van der Waals surface area contributed by atoms with Crippen molar-refractivity contribution in [1.82, 2.24) is 9.97 Å². The van der Waals surface area contributed by atoms with E-state index in [2.05, 4.69) is 9.97 Å². The number of hydrogen-bond acceptors (Lipinski definition) is 6. The van der Waals surface area contributed by atoms with Crippen molar-refractivity contribution >= 4 is 5.95 Å². The summed E-state index contributed by atoms with van der Waals surface area (Å²) in [4.78, 5) is 7.86. The van der Waals surface area contributed by atoms with E-state index in [0.717, 1.165) is 19.4 Å². The average molecular weight is 239 g/mol. The van der Waals surface area contributed by atoms with Crippen LogP contribution in [0.1, 0.15) is 19.3 Å². The molecule has 1 unspecified atom stereocenters. The van der Waals surface area contributed by atoms with Gasteiger partial charge < -0.3 is 19.9 Å². The Hall–Kier alpha value is -1.56. The molecule has 17 heavy (non-hydrogen) atoms. The lowest BCUT2D eigenvalue weighted by Crippen LogP contribution is -2.26. The molecule has 1 aliphatic rings. The highest BCUT2D eigenvalue weighted by molar-refractivity contribution is 5.29. The van der Waals surface area contributed by atoms with E-state index in [9.17, 15) is 0 Å². The monoisotopic (exact) mass is 239 g/mol. The molecule has 0 aromatic carbocycles. The Morgan fingerprint density at radius 3 is 2.94 bits per heavy atom. The molecule has 2 rings (SSSR count). The minimum Gasteiger partial charge on any atom is -0.481 e. The smallest absolute Gasteiger partial charge is 0.226 e. The summed E-state index contributed by atoms with van der Waals surface area (Å²) in [7, 11) is 1.52. The minimum absolute atomic E-state index is 0.143. The van der Waals surface area contributed by atoms with Gasteiger partial charge in [-0.05, 0) is 19.3 Å². The lowest BCUT2D eigenvalue weighted by atomic mass is 10.1. The maximum Gasteiger partial charge on any atom is 0.226 e. The first-order chi connectivity index (χ1) is 8.28. The van der Waals surface area contributed by atoms with Crippen molar-refractivity contribution in [2.24, 2.45) is 0 Å². The summed E-state index contributed by atoms with van der Waals surface area (Å²) in [6.45, 7) is 1.29. The lowest BCUT2D eigenvalue weighted by molar-refractivity contribution is -0.0119. The van der Waals surface area contributed by atoms with Crippen molar-refractivity contribution in [3.63, 3.8) is 0 Å². The van der Waals surface area contributed by atoms with Crippen LogP contribution in [-0.4, -0.2) is 36.4 Å². The fraction of sp³-hybridized carbons (Fsp3) is 0.636. The van der Waals surface area contributed by atoms with E-state index >= 15 is 0 Å². The standard InChI is InChI=1S/C11H17N3O3/c1-15-9-6-10(14-11(12)13-9)17-7-8-4-2-3-5-16-8/h6,8H,2-5,7H2,1H3,(H2,12,13,14). The van der Waals surface area contributed by atoms with Gasteiger partial charge in [-0.25, -0.2) is 0 Å². The molecule has 2 N–H and O–H groups in total. The molecule has 1 atom stereocenters. The van der Waals surface area contributed by atoms with E-state index in [0.29, 0.717) is 18.4 Å². The third-order valence-electron chi connectivity index (χ3n) is 2.60. The fourth-order valence-electron chi connectivity index (χ4n) is 1.72. The molecule has 0 bridgehead atoms. The highest BCUT2D eigenvalue weighted by Crippen LogP contribution is 2.18. The zero-order valence-corrected chi connectivity index (χ0v) is 9.89. The maximum absolute atomic E-state index is 5.56. The predicted molar refractivity (Wildman–Crippen MR) is 62.1 cm³/mol. The summed E-state index contributed by atoms with van der Waals surface area (Å²) in [5.41, 5.74) is 5.53. The molecule has 0 aliphatic carbocycles. The molecule has 6 heteroatoms. The molecule has 0 spiro atoms. The lowest BCUT2D eigenvalue weighted by Gasteiger charge is -2.22. The zero-order valence-electron chi connectivity index (χ0n) is 9.89. The van der Waals surface area contributed by atoms with Crippen molar-refractivity contribution in [1.29, 1.82) is 0 Å². The number of methoxy groups -OCH3 is 1. The third-order valence-corrected chi connectivity index (χ3v) is 2.60. The van der Waals surface area contributed by atoms with Crippen LogP contribution in [0.4, 0.5) is 5.95 Å². The van der Waals surface area contributed by atoms with Gasteiger partial charge in [0.05, 0.1) is 19.3 Å². The van der Waals surface area contributed by atoms with Gasteiger partial charge in [-0.15, -0.1) is 0 Å². The van der Waals surface area contributed by atoms with Gasteiger partial charge in [0.2, 0.25) is 17.7 Å². The highest BCUT2D eigenvalue weighted by atomic mass is 16.5. The second-order valence-corrected chi connectivity index (χ2v) is 3.91. The van der Waals surface area contributed by atoms with E-state index in [1.54, 1.807) is 6.07 Å². The largest absolute Gasteiger partial charge is 0.481 e. The first kappa shape index (κ1) is 11.9. The van der Waals surface area contributed by atoms with Crippen molar-refractivity contribution in [3.05, 3.63) is 6.07 Å². The number of nitrogens with zero attached hydrogens (tertiary/aromatic N) is 2. The second kappa shape index (κ2) is 5.67. The Bertz CT molecular complexity index is 367. The molecule has 1 aromatic rings. The normalized spacial score (nSPS) is 19.9. The summed E-state index contributed by atoms with van der Waals surface area (Å²) < 4.78 is 16.1. The Kier molecular flexibility index (Phi) is 3.98. The molecule has 1 aliphatic heterocycles. The summed E-state index contributed by atoms with van der Waals surface area (Å²) in [6.07, 6.45) is 3.48. The first-order valence-corrected chi connectivity index (χ1v) is 5.71. The molecule has 1 aromatic heterocycles. The highest BCUT2D eigenvalue weighted by Gasteiger charge is 2.15. The molecule has 6 nitrogen and oxygen atoms in total. The summed E-state index contributed by atoms with van der Waals surface area (Å²) in [5.74, 6) is 0.962. The Labute approximate surface area is 100 Å². The van der Waals surface area contributed by atoms with Gasteiger partial charge in [0.15, 0.2) is 0 Å². The van der Waals surface area contributed by atoms with Crippen molar-refractivity contribution in [3.8, 4) is 11.8 Å². The third kappa shape index (κ3) is 3.45. The summed E-state index contributed by atoms with van der Waals surface area (Å²) in [6, 6.07) is 1.61. The van der Waals surface area contributed by atoms with Gasteiger partial charge in [-0.3, -0.25) is 0 Å². The number of nitrogen functional groups attached to an aromatic ring is 1. The zero-order chi connectivity index (χ0) is 12.1. The van der Waals surface area contributed by atoms with Gasteiger partial charge in [-0.2, -0.15) is 9.97 Å². The number of ether oxygens (including phenoxy) is 3. The SMILES string of the molecule is COc1cc(OCC2CCCCO2)nc(N)n1. The van der Waals surface area contributed by atoms with Crippen molar-refractivity contribution in [2.45, 2.75) is 25.4 Å². The first-order valence-electron chi connectivity index (χ1n) is 5.71. The number of nitrogens with two attached hydrogens (primary N) is 1. The van der Waals surface area contributed by atoms with E-state index in [1.165, 1.54) is 13.5 Å². The van der Waals surface area contributed by atoms with E-state index in [4.69, 9.17) is 19.9 Å². The minimum atomic E-state index is 0.143. The molecular formula is C11H17N3O3. The molecule has 0 saturated carbocycles. The average Bonchev–Trinajstić information content (AvgIpc) is 2.37. The van der Waals surface area contributed by atoms with Crippen LogP contribution in [0.3, 0.4) is 0 Å². The van der Waals surface area contributed by atoms with Crippen LogP contribution in [0.5, 0.6) is 11.8 Å². The van der Waals surface area contributed by atoms with Gasteiger partial charge in [0.25, 0.3) is 0 Å². The van der Waals surface area contributed by atoms with Crippen LogP contribution in [0, 0.1) is 0 Å². The summed E-state index contributed by atoms with van der Waals surface area (Å²) in [5, 5.41) is 0.